The number of hydrogen-bond acceptors (Lipinski definition) is 2. The van der Waals surface area contributed by atoms with E-state index in [9.17, 15) is 4.21 Å². The van der Waals surface area contributed by atoms with E-state index >= 15 is 0 Å². The van der Waals surface area contributed by atoms with E-state index < -0.39 is 10.8 Å². The quantitative estimate of drug-likeness (QED) is 0.884. The van der Waals surface area contributed by atoms with Crippen LogP contribution in [0.5, 0.6) is 0 Å². The van der Waals surface area contributed by atoms with Gasteiger partial charge >= 0.3 is 0 Å². The van der Waals surface area contributed by atoms with Crippen molar-refractivity contribution in [2.24, 2.45) is 0 Å². The summed E-state index contributed by atoms with van der Waals surface area (Å²) in [6, 6.07) is 16.9. The molecular formula is C18H23NOS. The first-order chi connectivity index (χ1) is 10.1. The molecule has 0 saturated heterocycles. The van der Waals surface area contributed by atoms with Crippen molar-refractivity contribution in [3.05, 3.63) is 70.8 Å². The van der Waals surface area contributed by atoms with Crippen molar-refractivity contribution in [1.82, 2.24) is 5.32 Å². The Balaban J connectivity index is 2.10. The monoisotopic (exact) mass is 301 g/mol. The molecule has 0 heterocycles. The number of aryl methyl sites for hydroxylation is 2. The molecule has 0 radical (unpaired) electrons. The van der Waals surface area contributed by atoms with Crippen molar-refractivity contribution in [2.45, 2.75) is 26.4 Å². The van der Waals surface area contributed by atoms with Gasteiger partial charge in [-0.15, -0.1) is 0 Å². The van der Waals surface area contributed by atoms with Crippen molar-refractivity contribution in [1.29, 1.82) is 0 Å². The third-order valence-electron chi connectivity index (χ3n) is 3.64. The van der Waals surface area contributed by atoms with E-state index in [-0.39, 0.29) is 6.04 Å². The zero-order chi connectivity index (χ0) is 15.2. The standard InChI is InChI=1S/C18H23NOS/c1-14-9-10-17(15(2)11-14)12-19-18(13-21(3)20)16-7-5-4-6-8-16/h4-11,18-19H,12-13H2,1-3H3. The van der Waals surface area contributed by atoms with Gasteiger partial charge in [0, 0.05) is 35.4 Å². The summed E-state index contributed by atoms with van der Waals surface area (Å²) in [6.45, 7) is 5.04. The van der Waals surface area contributed by atoms with Crippen molar-refractivity contribution in [2.75, 3.05) is 12.0 Å². The highest BCUT2D eigenvalue weighted by Gasteiger charge is 2.13. The Hall–Kier alpha value is -1.45. The Morgan fingerprint density at radius 1 is 1.10 bits per heavy atom. The second-order valence-corrected chi connectivity index (χ2v) is 6.99. The first-order valence-corrected chi connectivity index (χ1v) is 8.93. The van der Waals surface area contributed by atoms with Crippen LogP contribution < -0.4 is 5.32 Å². The second-order valence-electron chi connectivity index (χ2n) is 5.51. The van der Waals surface area contributed by atoms with E-state index in [0.29, 0.717) is 5.75 Å². The molecule has 0 aliphatic rings. The summed E-state index contributed by atoms with van der Waals surface area (Å²) in [6.07, 6.45) is 1.76. The molecule has 2 aromatic carbocycles. The maximum Gasteiger partial charge on any atom is 0.0439 e. The smallest absolute Gasteiger partial charge is 0.0439 e. The second kappa shape index (κ2) is 7.53. The third kappa shape index (κ3) is 4.80. The zero-order valence-corrected chi connectivity index (χ0v) is 13.7. The lowest BCUT2D eigenvalue weighted by atomic mass is 10.0. The number of nitrogens with one attached hydrogen (secondary N) is 1. The highest BCUT2D eigenvalue weighted by atomic mass is 32.2. The van der Waals surface area contributed by atoms with E-state index in [1.165, 1.54) is 22.3 Å². The summed E-state index contributed by atoms with van der Waals surface area (Å²) in [5.74, 6) is 0.634. The molecule has 2 atom stereocenters. The van der Waals surface area contributed by atoms with E-state index in [2.05, 4.69) is 49.5 Å². The summed E-state index contributed by atoms with van der Waals surface area (Å²) >= 11 is 0. The molecule has 2 rings (SSSR count). The topological polar surface area (TPSA) is 29.1 Å². The minimum Gasteiger partial charge on any atom is -0.305 e. The molecule has 0 fully saturated rings. The van der Waals surface area contributed by atoms with Crippen molar-refractivity contribution in [3.8, 4) is 0 Å². The molecule has 0 bridgehead atoms. The highest BCUT2D eigenvalue weighted by Crippen LogP contribution is 2.16. The van der Waals surface area contributed by atoms with Crippen molar-refractivity contribution >= 4 is 10.8 Å². The van der Waals surface area contributed by atoms with Crippen LogP contribution in [0, 0.1) is 13.8 Å². The molecule has 0 spiro atoms. The maximum absolute atomic E-state index is 11.6. The van der Waals surface area contributed by atoms with E-state index in [4.69, 9.17) is 0 Å². The Kier molecular flexibility index (Phi) is 5.71. The van der Waals surface area contributed by atoms with Gasteiger partial charge in [0.2, 0.25) is 0 Å². The van der Waals surface area contributed by atoms with Crippen LogP contribution in [0.15, 0.2) is 48.5 Å². The molecule has 1 N–H and O–H groups in total. The van der Waals surface area contributed by atoms with Crippen molar-refractivity contribution < 1.29 is 4.21 Å². The van der Waals surface area contributed by atoms with Gasteiger partial charge in [0.05, 0.1) is 0 Å². The largest absolute Gasteiger partial charge is 0.305 e. The summed E-state index contributed by atoms with van der Waals surface area (Å²) in [5, 5.41) is 3.55. The van der Waals surface area contributed by atoms with Gasteiger partial charge in [-0.05, 0) is 30.5 Å². The Labute approximate surface area is 130 Å². The van der Waals surface area contributed by atoms with Gasteiger partial charge in [-0.25, -0.2) is 0 Å². The molecule has 21 heavy (non-hydrogen) atoms. The lowest BCUT2D eigenvalue weighted by Crippen LogP contribution is -2.26. The normalized spacial score (nSPS) is 13.9. The van der Waals surface area contributed by atoms with Gasteiger partial charge < -0.3 is 5.32 Å². The van der Waals surface area contributed by atoms with E-state index in [0.717, 1.165) is 6.54 Å². The van der Waals surface area contributed by atoms with Crippen LogP contribution in [0.4, 0.5) is 0 Å². The van der Waals surface area contributed by atoms with Gasteiger partial charge in [0.25, 0.3) is 0 Å². The van der Waals surface area contributed by atoms with Crippen LogP contribution in [0.3, 0.4) is 0 Å². The number of rotatable bonds is 6. The zero-order valence-electron chi connectivity index (χ0n) is 12.9. The molecule has 2 aromatic rings. The molecule has 0 saturated carbocycles. The Bertz CT molecular complexity index is 610. The van der Waals surface area contributed by atoms with Gasteiger partial charge in [-0.3, -0.25) is 4.21 Å². The van der Waals surface area contributed by atoms with E-state index in [1.807, 2.05) is 18.2 Å². The molecular weight excluding hydrogens is 278 g/mol. The minimum absolute atomic E-state index is 0.123. The van der Waals surface area contributed by atoms with Crippen LogP contribution in [-0.2, 0) is 17.3 Å². The first-order valence-electron chi connectivity index (χ1n) is 7.21. The number of hydrogen-bond donors (Lipinski definition) is 1. The van der Waals surface area contributed by atoms with Crippen LogP contribution in [-0.4, -0.2) is 16.2 Å². The summed E-state index contributed by atoms with van der Waals surface area (Å²) in [5.41, 5.74) is 5.07. The predicted octanol–water partition coefficient (Wildman–Crippen LogP) is 3.51. The lowest BCUT2D eigenvalue weighted by Gasteiger charge is -2.19. The SMILES string of the molecule is Cc1ccc(CNC(CS(C)=O)c2ccccc2)c(C)c1. The summed E-state index contributed by atoms with van der Waals surface area (Å²) in [4.78, 5) is 0. The fourth-order valence-corrected chi connectivity index (χ4v) is 3.25. The van der Waals surface area contributed by atoms with Crippen molar-refractivity contribution in [3.63, 3.8) is 0 Å². The maximum atomic E-state index is 11.6. The van der Waals surface area contributed by atoms with Gasteiger partial charge in [-0.1, -0.05) is 54.1 Å². The number of benzene rings is 2. The molecule has 0 aliphatic heterocycles. The molecule has 0 aromatic heterocycles. The van der Waals surface area contributed by atoms with Crippen LogP contribution in [0.1, 0.15) is 28.3 Å². The summed E-state index contributed by atoms with van der Waals surface area (Å²) < 4.78 is 11.6. The summed E-state index contributed by atoms with van der Waals surface area (Å²) in [7, 11) is -0.826. The molecule has 112 valence electrons. The first kappa shape index (κ1) is 15.9. The average Bonchev–Trinajstić information content (AvgIpc) is 2.45. The predicted molar refractivity (Wildman–Crippen MR) is 90.9 cm³/mol. The van der Waals surface area contributed by atoms with Gasteiger partial charge in [-0.2, -0.15) is 0 Å². The minimum atomic E-state index is -0.826. The molecule has 2 nitrogen and oxygen atoms in total. The van der Waals surface area contributed by atoms with Gasteiger partial charge in [0.15, 0.2) is 0 Å². The Morgan fingerprint density at radius 2 is 1.81 bits per heavy atom. The van der Waals surface area contributed by atoms with Crippen LogP contribution in [0.2, 0.25) is 0 Å². The van der Waals surface area contributed by atoms with Gasteiger partial charge in [0.1, 0.15) is 0 Å². The van der Waals surface area contributed by atoms with E-state index in [1.54, 1.807) is 6.26 Å². The lowest BCUT2D eigenvalue weighted by molar-refractivity contribution is 0.573. The Morgan fingerprint density at radius 3 is 2.43 bits per heavy atom. The highest BCUT2D eigenvalue weighted by molar-refractivity contribution is 7.84. The van der Waals surface area contributed by atoms with Crippen LogP contribution in [0.25, 0.3) is 0 Å². The molecule has 0 amide bonds. The van der Waals surface area contributed by atoms with Crippen LogP contribution >= 0.6 is 0 Å². The molecule has 0 aliphatic carbocycles. The molecule has 2 unspecified atom stereocenters. The fourth-order valence-electron chi connectivity index (χ4n) is 2.47. The molecule has 3 heteroatoms. The average molecular weight is 301 g/mol. The fraction of sp³-hybridized carbons (Fsp3) is 0.333. The third-order valence-corrected chi connectivity index (χ3v) is 4.44.